The van der Waals surface area contributed by atoms with Crippen LogP contribution in [0.25, 0.3) is 0 Å². The van der Waals surface area contributed by atoms with Crippen LogP contribution >= 0.6 is 15.9 Å². The van der Waals surface area contributed by atoms with Crippen molar-refractivity contribution in [3.63, 3.8) is 0 Å². The van der Waals surface area contributed by atoms with E-state index in [0.29, 0.717) is 12.8 Å². The van der Waals surface area contributed by atoms with Crippen molar-refractivity contribution in [2.45, 2.75) is 75.1 Å². The summed E-state index contributed by atoms with van der Waals surface area (Å²) >= 11 is 3.20. The van der Waals surface area contributed by atoms with Gasteiger partial charge in [0, 0.05) is 12.8 Å². The number of unbranched alkanes of at least 4 members (excludes halogenated alkanes) is 5. The van der Waals surface area contributed by atoms with Crippen molar-refractivity contribution in [1.82, 2.24) is 0 Å². The molecule has 0 aromatic rings. The molecule has 2 atom stereocenters. The van der Waals surface area contributed by atoms with Crippen molar-refractivity contribution in [3.05, 3.63) is 0 Å². The molecular formula is C17H27BrO6. The Labute approximate surface area is 151 Å². The minimum atomic E-state index is -1.33. The molecule has 1 heterocycles. The first-order chi connectivity index (χ1) is 11.4. The van der Waals surface area contributed by atoms with E-state index in [1.807, 2.05) is 0 Å². The molecule has 0 unspecified atom stereocenters. The highest BCUT2D eigenvalue weighted by molar-refractivity contribution is 9.10. The Bertz CT molecular complexity index is 439. The van der Waals surface area contributed by atoms with Gasteiger partial charge < -0.3 is 14.2 Å². The summed E-state index contributed by atoms with van der Waals surface area (Å²) in [5, 5.41) is 0. The second-order valence-electron chi connectivity index (χ2n) is 5.99. The third kappa shape index (κ3) is 6.42. The van der Waals surface area contributed by atoms with E-state index in [1.165, 1.54) is 7.11 Å². The van der Waals surface area contributed by atoms with Crippen LogP contribution in [0.15, 0.2) is 0 Å². The van der Waals surface area contributed by atoms with Crippen LogP contribution in [0.5, 0.6) is 0 Å². The van der Waals surface area contributed by atoms with E-state index in [2.05, 4.69) is 20.7 Å². The zero-order chi connectivity index (χ0) is 18.0. The lowest BCUT2D eigenvalue weighted by Crippen LogP contribution is -2.38. The summed E-state index contributed by atoms with van der Waals surface area (Å²) in [5.41, 5.74) is 0. The predicted octanol–water partition coefficient (Wildman–Crippen LogP) is 3.29. The van der Waals surface area contributed by atoms with Crippen molar-refractivity contribution in [2.24, 2.45) is 0 Å². The van der Waals surface area contributed by atoms with Gasteiger partial charge in [0.15, 0.2) is 0 Å². The van der Waals surface area contributed by atoms with Crippen LogP contribution < -0.4 is 0 Å². The standard InChI is InChI=1S/C17H27BrO6/c1-3-23-15(20)17(18)12-13(24-16(17)21)10-8-6-4-5-7-9-11-14(19)22-2/h13H,3-12H2,1-2H3/t13-,17-/m1/s1. The van der Waals surface area contributed by atoms with Crippen molar-refractivity contribution in [2.75, 3.05) is 13.7 Å². The number of hydrogen-bond donors (Lipinski definition) is 0. The fraction of sp³-hybridized carbons (Fsp3) is 0.824. The number of methoxy groups -OCH3 is 1. The minimum absolute atomic E-state index is 0.155. The Morgan fingerprint density at radius 2 is 1.83 bits per heavy atom. The fourth-order valence-corrected chi connectivity index (χ4v) is 3.28. The number of hydrogen-bond acceptors (Lipinski definition) is 6. The quantitative estimate of drug-likeness (QED) is 0.172. The van der Waals surface area contributed by atoms with E-state index in [1.54, 1.807) is 6.92 Å². The number of rotatable bonds is 11. The number of alkyl halides is 1. The summed E-state index contributed by atoms with van der Waals surface area (Å²) < 4.78 is 13.5. The van der Waals surface area contributed by atoms with Gasteiger partial charge in [0.25, 0.3) is 0 Å². The molecule has 0 N–H and O–H groups in total. The first kappa shape index (κ1) is 20.9. The number of halogens is 1. The summed E-state index contributed by atoms with van der Waals surface area (Å²) in [6.45, 7) is 1.94. The number of carbonyl (C=O) groups excluding carboxylic acids is 3. The van der Waals surface area contributed by atoms with Gasteiger partial charge in [0.1, 0.15) is 6.10 Å². The lowest BCUT2D eigenvalue weighted by atomic mass is 10.0. The maximum absolute atomic E-state index is 11.9. The Morgan fingerprint density at radius 3 is 2.46 bits per heavy atom. The number of esters is 3. The van der Waals surface area contributed by atoms with Crippen LogP contribution in [0, 0.1) is 0 Å². The van der Waals surface area contributed by atoms with E-state index in [-0.39, 0.29) is 18.7 Å². The molecule has 138 valence electrons. The molecule has 0 aromatic carbocycles. The number of carbonyl (C=O) groups is 3. The topological polar surface area (TPSA) is 78.9 Å². The average molecular weight is 407 g/mol. The summed E-state index contributed by atoms with van der Waals surface area (Å²) in [6, 6.07) is 0. The molecule has 0 aromatic heterocycles. The highest BCUT2D eigenvalue weighted by atomic mass is 79.9. The third-order valence-electron chi connectivity index (χ3n) is 4.09. The van der Waals surface area contributed by atoms with Gasteiger partial charge in [-0.2, -0.15) is 0 Å². The van der Waals surface area contributed by atoms with Crippen LogP contribution in [0.4, 0.5) is 0 Å². The van der Waals surface area contributed by atoms with E-state index < -0.39 is 16.3 Å². The predicted molar refractivity (Wildman–Crippen MR) is 91.7 cm³/mol. The molecule has 0 amide bonds. The molecule has 0 aliphatic carbocycles. The van der Waals surface area contributed by atoms with Gasteiger partial charge in [-0.1, -0.05) is 41.6 Å². The van der Waals surface area contributed by atoms with Gasteiger partial charge >= 0.3 is 17.9 Å². The first-order valence-electron chi connectivity index (χ1n) is 8.58. The molecule has 0 bridgehead atoms. The Kier molecular flexibility index (Phi) is 9.33. The Morgan fingerprint density at radius 1 is 1.21 bits per heavy atom. The molecule has 0 saturated carbocycles. The van der Waals surface area contributed by atoms with E-state index >= 15 is 0 Å². The lowest BCUT2D eigenvalue weighted by molar-refractivity contribution is -0.153. The second-order valence-corrected chi connectivity index (χ2v) is 7.34. The zero-order valence-electron chi connectivity index (χ0n) is 14.5. The normalized spacial score (nSPS) is 23.0. The molecule has 0 radical (unpaired) electrons. The van der Waals surface area contributed by atoms with Crippen molar-refractivity contribution >= 4 is 33.8 Å². The maximum atomic E-state index is 11.9. The van der Waals surface area contributed by atoms with E-state index in [9.17, 15) is 14.4 Å². The number of cyclic esters (lactones) is 1. The summed E-state index contributed by atoms with van der Waals surface area (Å²) in [5.74, 6) is -1.27. The highest BCUT2D eigenvalue weighted by Crippen LogP contribution is 2.37. The van der Waals surface area contributed by atoms with Crippen molar-refractivity contribution < 1.29 is 28.6 Å². The first-order valence-corrected chi connectivity index (χ1v) is 9.37. The molecule has 1 saturated heterocycles. The zero-order valence-corrected chi connectivity index (χ0v) is 16.1. The molecule has 24 heavy (non-hydrogen) atoms. The van der Waals surface area contributed by atoms with Gasteiger partial charge in [-0.3, -0.25) is 4.79 Å². The van der Waals surface area contributed by atoms with Crippen LogP contribution in [0.1, 0.15) is 64.7 Å². The smallest absolute Gasteiger partial charge is 0.334 e. The molecule has 1 rings (SSSR count). The molecule has 6 nitrogen and oxygen atoms in total. The lowest BCUT2D eigenvalue weighted by Gasteiger charge is -2.14. The minimum Gasteiger partial charge on any atom is -0.469 e. The van der Waals surface area contributed by atoms with Crippen LogP contribution in [0.3, 0.4) is 0 Å². The fourth-order valence-electron chi connectivity index (χ4n) is 2.71. The third-order valence-corrected chi connectivity index (χ3v) is 5.06. The average Bonchev–Trinajstić information content (AvgIpc) is 2.85. The highest BCUT2D eigenvalue weighted by Gasteiger charge is 2.54. The molecule has 1 aliphatic heterocycles. The number of ether oxygens (including phenoxy) is 3. The van der Waals surface area contributed by atoms with Gasteiger partial charge in [-0.05, 0) is 26.2 Å². The molecular weight excluding hydrogens is 380 g/mol. The Hall–Kier alpha value is -1.11. The second kappa shape index (κ2) is 10.7. The molecule has 1 fully saturated rings. The summed E-state index contributed by atoms with van der Waals surface area (Å²) in [7, 11) is 1.40. The van der Waals surface area contributed by atoms with Crippen molar-refractivity contribution in [3.8, 4) is 0 Å². The van der Waals surface area contributed by atoms with Gasteiger partial charge in [-0.25, -0.2) is 9.59 Å². The molecule has 1 aliphatic rings. The van der Waals surface area contributed by atoms with Crippen molar-refractivity contribution in [1.29, 1.82) is 0 Å². The monoisotopic (exact) mass is 406 g/mol. The summed E-state index contributed by atoms with van der Waals surface area (Å²) in [6.07, 6.45) is 7.34. The molecule has 7 heteroatoms. The van der Waals surface area contributed by atoms with Gasteiger partial charge in [0.05, 0.1) is 13.7 Å². The van der Waals surface area contributed by atoms with Gasteiger partial charge in [-0.15, -0.1) is 0 Å². The summed E-state index contributed by atoms with van der Waals surface area (Å²) in [4.78, 5) is 34.7. The van der Waals surface area contributed by atoms with Gasteiger partial charge in [0.2, 0.25) is 4.32 Å². The largest absolute Gasteiger partial charge is 0.469 e. The van der Waals surface area contributed by atoms with Crippen LogP contribution in [-0.2, 0) is 28.6 Å². The Balaban J connectivity index is 2.13. The van der Waals surface area contributed by atoms with E-state index in [0.717, 1.165) is 44.9 Å². The molecule has 0 spiro atoms. The van der Waals surface area contributed by atoms with Crippen LogP contribution in [-0.4, -0.2) is 42.1 Å². The maximum Gasteiger partial charge on any atom is 0.334 e. The SMILES string of the molecule is CCOC(=O)[C@]1(Br)C[C@@H](CCCCCCCCC(=O)OC)OC1=O. The van der Waals surface area contributed by atoms with E-state index in [4.69, 9.17) is 9.47 Å². The van der Waals surface area contributed by atoms with Crippen LogP contribution in [0.2, 0.25) is 0 Å².